The largest absolute Gasteiger partial charge is 0.497 e. The molecule has 0 fully saturated rings. The fourth-order valence-corrected chi connectivity index (χ4v) is 2.73. The lowest BCUT2D eigenvalue weighted by Crippen LogP contribution is -2.11. The minimum Gasteiger partial charge on any atom is -0.497 e. The third kappa shape index (κ3) is 3.54. The van der Waals surface area contributed by atoms with Crippen molar-refractivity contribution in [3.8, 4) is 17.0 Å². The van der Waals surface area contributed by atoms with Crippen molar-refractivity contribution < 1.29 is 13.9 Å². The summed E-state index contributed by atoms with van der Waals surface area (Å²) in [4.78, 5) is 16.5. The minimum absolute atomic E-state index is 0.323. The fraction of sp³-hybridized carbons (Fsp3) is 0.0588. The van der Waals surface area contributed by atoms with Gasteiger partial charge in [-0.25, -0.2) is 9.37 Å². The molecule has 0 spiro atoms. The molecule has 0 bridgehead atoms. The van der Waals surface area contributed by atoms with E-state index >= 15 is 0 Å². The molecule has 3 rings (SSSR count). The first-order chi connectivity index (χ1) is 11.2. The normalized spacial score (nSPS) is 10.3. The number of carbonyl (C=O) groups excluding carboxylic acids is 1. The van der Waals surface area contributed by atoms with Gasteiger partial charge in [0.2, 0.25) is 0 Å². The summed E-state index contributed by atoms with van der Waals surface area (Å²) in [7, 11) is 1.61. The van der Waals surface area contributed by atoms with E-state index in [2.05, 4.69) is 10.3 Å². The van der Waals surface area contributed by atoms with E-state index in [1.165, 1.54) is 35.6 Å². The van der Waals surface area contributed by atoms with Gasteiger partial charge in [-0.2, -0.15) is 0 Å². The van der Waals surface area contributed by atoms with Gasteiger partial charge in [-0.15, -0.1) is 11.3 Å². The molecule has 0 saturated carbocycles. The first-order valence-electron chi connectivity index (χ1n) is 6.82. The first-order valence-corrected chi connectivity index (χ1v) is 7.70. The van der Waals surface area contributed by atoms with Gasteiger partial charge in [0.25, 0.3) is 5.91 Å². The van der Waals surface area contributed by atoms with Crippen molar-refractivity contribution in [2.75, 3.05) is 12.4 Å². The van der Waals surface area contributed by atoms with Crippen LogP contribution in [0.4, 0.5) is 9.52 Å². The van der Waals surface area contributed by atoms with Crippen molar-refractivity contribution in [2.45, 2.75) is 0 Å². The molecule has 0 radical (unpaired) electrons. The van der Waals surface area contributed by atoms with Crippen molar-refractivity contribution in [1.82, 2.24) is 4.98 Å². The molecular weight excluding hydrogens is 315 g/mol. The van der Waals surface area contributed by atoms with E-state index < -0.39 is 0 Å². The van der Waals surface area contributed by atoms with E-state index in [0.29, 0.717) is 10.7 Å². The van der Waals surface area contributed by atoms with Crippen LogP contribution in [0.15, 0.2) is 53.9 Å². The van der Waals surface area contributed by atoms with Crippen LogP contribution in [0.5, 0.6) is 5.75 Å². The Kier molecular flexibility index (Phi) is 4.34. The molecule has 1 aromatic heterocycles. The van der Waals surface area contributed by atoms with Gasteiger partial charge >= 0.3 is 0 Å². The Hall–Kier alpha value is -2.73. The van der Waals surface area contributed by atoms with Crippen LogP contribution >= 0.6 is 11.3 Å². The van der Waals surface area contributed by atoms with Crippen LogP contribution in [0.2, 0.25) is 0 Å². The summed E-state index contributed by atoms with van der Waals surface area (Å²) in [6, 6.07) is 12.9. The Morgan fingerprint density at radius 1 is 1.22 bits per heavy atom. The number of ether oxygens (including phenoxy) is 1. The summed E-state index contributed by atoms with van der Waals surface area (Å²) in [6.45, 7) is 0. The van der Waals surface area contributed by atoms with Crippen LogP contribution < -0.4 is 10.1 Å². The van der Waals surface area contributed by atoms with Crippen LogP contribution in [0.25, 0.3) is 11.3 Å². The second kappa shape index (κ2) is 6.58. The molecule has 0 unspecified atom stereocenters. The minimum atomic E-state index is -0.379. The topological polar surface area (TPSA) is 51.2 Å². The third-order valence-electron chi connectivity index (χ3n) is 3.20. The molecule has 0 aliphatic heterocycles. The SMILES string of the molecule is COc1cccc(-c2csc(NC(=O)c3ccc(F)cc3)n2)c1. The zero-order valence-electron chi connectivity index (χ0n) is 12.2. The Bertz CT molecular complexity index is 831. The maximum atomic E-state index is 12.9. The third-order valence-corrected chi connectivity index (χ3v) is 3.95. The number of nitrogens with zero attached hydrogens (tertiary/aromatic N) is 1. The van der Waals surface area contributed by atoms with Crippen LogP contribution in [-0.4, -0.2) is 18.0 Å². The summed E-state index contributed by atoms with van der Waals surface area (Å²) in [5.41, 5.74) is 2.04. The predicted molar refractivity (Wildman–Crippen MR) is 88.5 cm³/mol. The van der Waals surface area contributed by atoms with Gasteiger partial charge < -0.3 is 4.74 Å². The maximum absolute atomic E-state index is 12.9. The maximum Gasteiger partial charge on any atom is 0.257 e. The number of anilines is 1. The number of hydrogen-bond acceptors (Lipinski definition) is 4. The standard InChI is InChI=1S/C17H13FN2O2S/c1-22-14-4-2-3-12(9-14)15-10-23-17(19-15)20-16(21)11-5-7-13(18)8-6-11/h2-10H,1H3,(H,19,20,21). The van der Waals surface area contributed by atoms with E-state index in [4.69, 9.17) is 4.74 Å². The summed E-state index contributed by atoms with van der Waals surface area (Å²) >= 11 is 1.33. The highest BCUT2D eigenvalue weighted by Crippen LogP contribution is 2.27. The number of amides is 1. The zero-order chi connectivity index (χ0) is 16.2. The van der Waals surface area contributed by atoms with Crippen LogP contribution in [-0.2, 0) is 0 Å². The van der Waals surface area contributed by atoms with Crippen molar-refractivity contribution >= 4 is 22.4 Å². The summed E-state index contributed by atoms with van der Waals surface area (Å²) in [5.74, 6) is 0.0417. The van der Waals surface area contributed by atoms with Gasteiger partial charge in [0.1, 0.15) is 11.6 Å². The highest BCUT2D eigenvalue weighted by Gasteiger charge is 2.10. The van der Waals surface area contributed by atoms with E-state index in [0.717, 1.165) is 17.0 Å². The molecule has 1 amide bonds. The molecule has 0 saturated heterocycles. The summed E-state index contributed by atoms with van der Waals surface area (Å²) in [5, 5.41) is 5.05. The number of benzene rings is 2. The number of halogens is 1. The van der Waals surface area contributed by atoms with Crippen molar-refractivity contribution in [1.29, 1.82) is 0 Å². The van der Waals surface area contributed by atoms with Gasteiger partial charge in [-0.1, -0.05) is 12.1 Å². The molecule has 23 heavy (non-hydrogen) atoms. The molecule has 1 heterocycles. The number of carbonyl (C=O) groups is 1. The van der Waals surface area contributed by atoms with Crippen molar-refractivity contribution in [3.63, 3.8) is 0 Å². The molecule has 0 atom stereocenters. The fourth-order valence-electron chi connectivity index (χ4n) is 2.02. The van der Waals surface area contributed by atoms with E-state index in [1.54, 1.807) is 7.11 Å². The lowest BCUT2D eigenvalue weighted by atomic mass is 10.2. The highest BCUT2D eigenvalue weighted by atomic mass is 32.1. The van der Waals surface area contributed by atoms with Crippen molar-refractivity contribution in [2.24, 2.45) is 0 Å². The van der Waals surface area contributed by atoms with Crippen LogP contribution in [0.3, 0.4) is 0 Å². The number of hydrogen-bond donors (Lipinski definition) is 1. The molecule has 4 nitrogen and oxygen atoms in total. The van der Waals surface area contributed by atoms with E-state index in [1.807, 2.05) is 29.6 Å². The Labute approximate surface area is 136 Å². The predicted octanol–water partition coefficient (Wildman–Crippen LogP) is 4.21. The van der Waals surface area contributed by atoms with Gasteiger partial charge in [0.05, 0.1) is 12.8 Å². The number of methoxy groups -OCH3 is 1. The zero-order valence-corrected chi connectivity index (χ0v) is 13.1. The Morgan fingerprint density at radius 3 is 2.74 bits per heavy atom. The van der Waals surface area contributed by atoms with Crippen LogP contribution in [0.1, 0.15) is 10.4 Å². The lowest BCUT2D eigenvalue weighted by molar-refractivity contribution is 0.102. The summed E-state index contributed by atoms with van der Waals surface area (Å²) in [6.07, 6.45) is 0. The first kappa shape index (κ1) is 15.2. The van der Waals surface area contributed by atoms with E-state index in [9.17, 15) is 9.18 Å². The highest BCUT2D eigenvalue weighted by molar-refractivity contribution is 7.14. The quantitative estimate of drug-likeness (QED) is 0.780. The molecule has 116 valence electrons. The average Bonchev–Trinajstić information content (AvgIpc) is 3.04. The average molecular weight is 328 g/mol. The summed E-state index contributed by atoms with van der Waals surface area (Å²) < 4.78 is 18.1. The lowest BCUT2D eigenvalue weighted by Gasteiger charge is -2.02. The van der Waals surface area contributed by atoms with Gasteiger partial charge in [0, 0.05) is 16.5 Å². The Balaban J connectivity index is 1.76. The second-order valence-electron chi connectivity index (χ2n) is 4.73. The van der Waals surface area contributed by atoms with Gasteiger partial charge in [0.15, 0.2) is 5.13 Å². The molecule has 0 aliphatic rings. The molecule has 6 heteroatoms. The number of rotatable bonds is 4. The van der Waals surface area contributed by atoms with E-state index in [-0.39, 0.29) is 11.7 Å². The second-order valence-corrected chi connectivity index (χ2v) is 5.59. The molecular formula is C17H13FN2O2S. The smallest absolute Gasteiger partial charge is 0.257 e. The van der Waals surface area contributed by atoms with Crippen LogP contribution in [0, 0.1) is 5.82 Å². The number of aromatic nitrogens is 1. The van der Waals surface area contributed by atoms with Gasteiger partial charge in [-0.05, 0) is 36.4 Å². The number of nitrogens with one attached hydrogen (secondary N) is 1. The Morgan fingerprint density at radius 2 is 2.00 bits per heavy atom. The molecule has 0 aliphatic carbocycles. The monoisotopic (exact) mass is 328 g/mol. The van der Waals surface area contributed by atoms with Crippen molar-refractivity contribution in [3.05, 3.63) is 65.3 Å². The van der Waals surface area contributed by atoms with Gasteiger partial charge in [-0.3, -0.25) is 10.1 Å². The molecule has 1 N–H and O–H groups in total. The molecule has 3 aromatic rings. The molecule has 2 aromatic carbocycles. The number of thiazole rings is 1.